The summed E-state index contributed by atoms with van der Waals surface area (Å²) in [7, 11) is 0. The number of amides is 2. The van der Waals surface area contributed by atoms with Crippen molar-refractivity contribution < 1.29 is 9.59 Å². The van der Waals surface area contributed by atoms with Crippen LogP contribution in [0, 0.1) is 13.8 Å². The Bertz CT molecular complexity index is 1100. The van der Waals surface area contributed by atoms with Crippen molar-refractivity contribution >= 4 is 46.0 Å². The van der Waals surface area contributed by atoms with Crippen molar-refractivity contribution in [3.63, 3.8) is 0 Å². The summed E-state index contributed by atoms with van der Waals surface area (Å²) in [6.07, 6.45) is 1.52. The standard InChI is InChI=1S/C23H26IN5O2S/c1-14-11-19(27-29(14)24)15(2)23(31)28-10-4-5-20(28)22(30)25-12-17-6-8-18(9-7-17)21-16(3)26-13-32-21/h6-9,11,13,15,20H,4-5,10,12H2,1-3H3,(H,25,30). The molecule has 1 aromatic carbocycles. The third-order valence-electron chi connectivity index (χ3n) is 5.93. The molecule has 3 aromatic rings. The van der Waals surface area contributed by atoms with Gasteiger partial charge in [0.15, 0.2) is 0 Å². The average Bonchev–Trinajstić information content (AvgIpc) is 3.52. The first-order chi connectivity index (χ1) is 15.3. The van der Waals surface area contributed by atoms with E-state index in [1.54, 1.807) is 19.1 Å². The van der Waals surface area contributed by atoms with Gasteiger partial charge in [0.1, 0.15) is 6.04 Å². The van der Waals surface area contributed by atoms with Crippen LogP contribution in [0.4, 0.5) is 0 Å². The lowest BCUT2D eigenvalue weighted by molar-refractivity contribution is -0.139. The Morgan fingerprint density at radius 3 is 2.66 bits per heavy atom. The maximum absolute atomic E-state index is 13.1. The number of aryl methyl sites for hydroxylation is 2. The summed E-state index contributed by atoms with van der Waals surface area (Å²) in [5.74, 6) is -0.511. The third-order valence-corrected chi connectivity index (χ3v) is 7.89. The van der Waals surface area contributed by atoms with Gasteiger partial charge in [0, 0.05) is 18.8 Å². The predicted octanol–water partition coefficient (Wildman–Crippen LogP) is 4.23. The molecule has 2 amide bonds. The Kier molecular flexibility index (Phi) is 6.94. The molecular weight excluding hydrogens is 537 g/mol. The molecule has 0 bridgehead atoms. The molecule has 32 heavy (non-hydrogen) atoms. The highest BCUT2D eigenvalue weighted by atomic mass is 127. The smallest absolute Gasteiger partial charge is 0.243 e. The number of carbonyl (C=O) groups is 2. The quantitative estimate of drug-likeness (QED) is 0.456. The van der Waals surface area contributed by atoms with Crippen molar-refractivity contribution in [2.24, 2.45) is 0 Å². The topological polar surface area (TPSA) is 80.1 Å². The lowest BCUT2D eigenvalue weighted by atomic mass is 10.1. The number of benzene rings is 1. The number of nitrogens with zero attached hydrogens (tertiary/aromatic N) is 4. The molecule has 0 radical (unpaired) electrons. The molecule has 2 atom stereocenters. The SMILES string of the molecule is Cc1ncsc1-c1ccc(CNC(=O)C2CCCN2C(=O)C(C)c2cc(C)n(I)n2)cc1. The summed E-state index contributed by atoms with van der Waals surface area (Å²) >= 11 is 3.73. The fourth-order valence-electron chi connectivity index (χ4n) is 4.03. The molecule has 4 rings (SSSR count). The third kappa shape index (κ3) is 4.73. The molecule has 1 aliphatic rings. The van der Waals surface area contributed by atoms with Gasteiger partial charge in [0.2, 0.25) is 11.8 Å². The number of hydrogen-bond donors (Lipinski definition) is 1. The van der Waals surface area contributed by atoms with Crippen LogP contribution in [0.25, 0.3) is 10.4 Å². The molecular formula is C23H26IN5O2S. The van der Waals surface area contributed by atoms with Crippen molar-refractivity contribution in [2.45, 2.75) is 52.1 Å². The maximum atomic E-state index is 13.1. The number of likely N-dealkylation sites (tertiary alicyclic amines) is 1. The van der Waals surface area contributed by atoms with Crippen molar-refractivity contribution in [1.29, 1.82) is 0 Å². The highest BCUT2D eigenvalue weighted by Gasteiger charge is 2.36. The van der Waals surface area contributed by atoms with Gasteiger partial charge in [-0.1, -0.05) is 24.3 Å². The van der Waals surface area contributed by atoms with E-state index in [2.05, 4.69) is 50.4 Å². The summed E-state index contributed by atoms with van der Waals surface area (Å²) in [4.78, 5) is 33.2. The Morgan fingerprint density at radius 2 is 2.03 bits per heavy atom. The molecule has 0 aliphatic carbocycles. The Balaban J connectivity index is 1.37. The minimum absolute atomic E-state index is 0.0403. The van der Waals surface area contributed by atoms with Crippen LogP contribution in [0.5, 0.6) is 0 Å². The zero-order valence-corrected chi connectivity index (χ0v) is 21.3. The van der Waals surface area contributed by atoms with Crippen LogP contribution in [0.2, 0.25) is 0 Å². The molecule has 2 aromatic heterocycles. The minimum atomic E-state index is -0.424. The van der Waals surface area contributed by atoms with Crippen LogP contribution in [0.1, 0.15) is 48.3 Å². The Hall–Kier alpha value is -2.27. The molecule has 0 spiro atoms. The van der Waals surface area contributed by atoms with Crippen LogP contribution >= 0.6 is 34.2 Å². The molecule has 168 valence electrons. The van der Waals surface area contributed by atoms with Crippen molar-refractivity contribution in [1.82, 2.24) is 23.2 Å². The van der Waals surface area contributed by atoms with Crippen molar-refractivity contribution in [3.05, 3.63) is 58.5 Å². The first-order valence-electron chi connectivity index (χ1n) is 10.7. The zero-order chi connectivity index (χ0) is 22.8. The van der Waals surface area contributed by atoms with Crippen LogP contribution in [0.3, 0.4) is 0 Å². The summed E-state index contributed by atoms with van der Waals surface area (Å²) in [6.45, 7) is 6.86. The van der Waals surface area contributed by atoms with Gasteiger partial charge in [-0.3, -0.25) is 9.59 Å². The molecule has 1 aliphatic heterocycles. The first kappa shape index (κ1) is 22.9. The van der Waals surface area contributed by atoms with Gasteiger partial charge in [0.05, 0.1) is 50.6 Å². The van der Waals surface area contributed by atoms with Crippen LogP contribution in [-0.4, -0.2) is 42.3 Å². The van der Waals surface area contributed by atoms with Gasteiger partial charge in [-0.05, 0) is 50.8 Å². The van der Waals surface area contributed by atoms with Gasteiger partial charge < -0.3 is 10.2 Å². The minimum Gasteiger partial charge on any atom is -0.350 e. The van der Waals surface area contributed by atoms with Crippen LogP contribution in [-0.2, 0) is 16.1 Å². The average molecular weight is 563 g/mol. The van der Waals surface area contributed by atoms with Crippen LogP contribution < -0.4 is 5.32 Å². The van der Waals surface area contributed by atoms with E-state index >= 15 is 0 Å². The van der Waals surface area contributed by atoms with E-state index < -0.39 is 6.04 Å². The number of rotatable bonds is 6. The highest BCUT2D eigenvalue weighted by molar-refractivity contribution is 14.1. The number of hydrogen-bond acceptors (Lipinski definition) is 5. The molecule has 1 fully saturated rings. The molecule has 2 unspecified atom stereocenters. The number of nitrogens with one attached hydrogen (secondary N) is 1. The second kappa shape index (κ2) is 9.70. The molecule has 9 heteroatoms. The second-order valence-corrected chi connectivity index (χ2v) is 9.93. The number of carbonyl (C=O) groups excluding carboxylic acids is 2. The normalized spacial score (nSPS) is 16.9. The van der Waals surface area contributed by atoms with Crippen molar-refractivity contribution in [3.8, 4) is 10.4 Å². The van der Waals surface area contributed by atoms with Gasteiger partial charge >= 0.3 is 0 Å². The lowest BCUT2D eigenvalue weighted by Gasteiger charge is -2.26. The van der Waals surface area contributed by atoms with Gasteiger partial charge in [0.25, 0.3) is 0 Å². The summed E-state index contributed by atoms with van der Waals surface area (Å²) in [6, 6.07) is 9.67. The van der Waals surface area contributed by atoms with E-state index in [0.717, 1.165) is 39.5 Å². The van der Waals surface area contributed by atoms with E-state index in [-0.39, 0.29) is 17.7 Å². The fourth-order valence-corrected chi connectivity index (χ4v) is 5.23. The monoisotopic (exact) mass is 563 g/mol. The van der Waals surface area contributed by atoms with Gasteiger partial charge in [-0.25, -0.2) is 7.88 Å². The number of halogens is 1. The van der Waals surface area contributed by atoms with E-state index in [4.69, 9.17) is 0 Å². The molecule has 0 saturated carbocycles. The lowest BCUT2D eigenvalue weighted by Crippen LogP contribution is -2.47. The Labute approximate surface area is 205 Å². The van der Waals surface area contributed by atoms with E-state index in [1.807, 2.05) is 44.5 Å². The van der Waals surface area contributed by atoms with E-state index in [1.165, 1.54) is 0 Å². The number of aromatic nitrogens is 3. The fraction of sp³-hybridized carbons (Fsp3) is 0.391. The molecule has 1 N–H and O–H groups in total. The molecule has 3 heterocycles. The van der Waals surface area contributed by atoms with E-state index in [0.29, 0.717) is 19.5 Å². The van der Waals surface area contributed by atoms with Crippen molar-refractivity contribution in [2.75, 3.05) is 6.54 Å². The Morgan fingerprint density at radius 1 is 1.28 bits per heavy atom. The second-order valence-electron chi connectivity index (χ2n) is 8.16. The molecule has 7 nitrogen and oxygen atoms in total. The van der Waals surface area contributed by atoms with E-state index in [9.17, 15) is 9.59 Å². The largest absolute Gasteiger partial charge is 0.350 e. The predicted molar refractivity (Wildman–Crippen MR) is 134 cm³/mol. The van der Waals surface area contributed by atoms with Crippen LogP contribution in [0.15, 0.2) is 35.8 Å². The summed E-state index contributed by atoms with van der Waals surface area (Å²) < 4.78 is 1.74. The maximum Gasteiger partial charge on any atom is 0.243 e. The summed E-state index contributed by atoms with van der Waals surface area (Å²) in [5.41, 5.74) is 6.76. The molecule has 1 saturated heterocycles. The van der Waals surface area contributed by atoms with Gasteiger partial charge in [-0.15, -0.1) is 11.3 Å². The van der Waals surface area contributed by atoms with Gasteiger partial charge in [-0.2, -0.15) is 5.10 Å². The zero-order valence-electron chi connectivity index (χ0n) is 18.3. The number of thiazole rings is 1. The first-order valence-corrected chi connectivity index (χ1v) is 12.5. The highest BCUT2D eigenvalue weighted by Crippen LogP contribution is 2.28. The summed E-state index contributed by atoms with van der Waals surface area (Å²) in [5, 5.41) is 7.45.